The first-order chi connectivity index (χ1) is 14.5. The minimum Gasteiger partial charge on any atom is -0.486 e. The van der Waals surface area contributed by atoms with E-state index in [1.807, 2.05) is 30.3 Å². The molecule has 4 rings (SSSR count). The van der Waals surface area contributed by atoms with Crippen LogP contribution >= 0.6 is 0 Å². The number of fused-ring (bicyclic) bond motifs is 1. The van der Waals surface area contributed by atoms with Gasteiger partial charge in [0.2, 0.25) is 15.9 Å². The first-order valence-electron chi connectivity index (χ1n) is 10.3. The molecule has 0 atom stereocenters. The maximum Gasteiger partial charge on any atom is 0.243 e. The third kappa shape index (κ3) is 4.60. The molecular weight excluding hydrogens is 404 g/mol. The van der Waals surface area contributed by atoms with Crippen molar-refractivity contribution in [3.63, 3.8) is 0 Å². The molecule has 0 radical (unpaired) electrons. The van der Waals surface area contributed by atoms with Gasteiger partial charge in [0.05, 0.1) is 11.4 Å². The molecule has 2 aliphatic rings. The van der Waals surface area contributed by atoms with Gasteiger partial charge in [0.15, 0.2) is 11.5 Å². The Morgan fingerprint density at radius 1 is 0.933 bits per heavy atom. The molecule has 7 nitrogen and oxygen atoms in total. The smallest absolute Gasteiger partial charge is 0.243 e. The summed E-state index contributed by atoms with van der Waals surface area (Å²) in [5, 5.41) is 0. The van der Waals surface area contributed by atoms with E-state index >= 15 is 0 Å². The number of ether oxygens (including phenoxy) is 2. The average molecular weight is 431 g/mol. The molecule has 0 N–H and O–H groups in total. The van der Waals surface area contributed by atoms with Crippen LogP contribution in [-0.4, -0.2) is 56.4 Å². The summed E-state index contributed by atoms with van der Waals surface area (Å²) < 4.78 is 39.3. The van der Waals surface area contributed by atoms with E-state index in [2.05, 4.69) is 0 Å². The summed E-state index contributed by atoms with van der Waals surface area (Å²) in [6.45, 7) is 2.11. The van der Waals surface area contributed by atoms with E-state index in [-0.39, 0.29) is 23.9 Å². The lowest BCUT2D eigenvalue weighted by atomic mass is 10.1. The maximum atomic E-state index is 13.5. The van der Waals surface area contributed by atoms with Crippen LogP contribution < -0.4 is 9.47 Å². The zero-order chi connectivity index (χ0) is 21.0. The minimum atomic E-state index is -3.92. The average Bonchev–Trinajstić information content (AvgIpc) is 2.79. The van der Waals surface area contributed by atoms with Crippen LogP contribution in [0.15, 0.2) is 53.4 Å². The lowest BCUT2D eigenvalue weighted by molar-refractivity contribution is -0.132. The van der Waals surface area contributed by atoms with Crippen LogP contribution in [0.2, 0.25) is 0 Å². The van der Waals surface area contributed by atoms with E-state index in [4.69, 9.17) is 9.47 Å². The largest absolute Gasteiger partial charge is 0.486 e. The number of benzene rings is 2. The molecule has 0 unspecified atom stereocenters. The molecule has 1 saturated heterocycles. The molecule has 2 heterocycles. The zero-order valence-corrected chi connectivity index (χ0v) is 17.6. The second-order valence-corrected chi connectivity index (χ2v) is 9.44. The van der Waals surface area contributed by atoms with Gasteiger partial charge >= 0.3 is 0 Å². The first kappa shape index (κ1) is 20.7. The van der Waals surface area contributed by atoms with Gasteiger partial charge in [-0.3, -0.25) is 4.79 Å². The van der Waals surface area contributed by atoms with E-state index in [0.717, 1.165) is 24.8 Å². The Kier molecular flexibility index (Phi) is 6.24. The van der Waals surface area contributed by atoms with Crippen LogP contribution in [0.1, 0.15) is 24.8 Å². The van der Waals surface area contributed by atoms with Gasteiger partial charge in [-0.05, 0) is 37.0 Å². The number of hydrogen-bond acceptors (Lipinski definition) is 5. The van der Waals surface area contributed by atoms with Gasteiger partial charge < -0.3 is 14.4 Å². The van der Waals surface area contributed by atoms with Crippen molar-refractivity contribution in [1.82, 2.24) is 9.21 Å². The summed E-state index contributed by atoms with van der Waals surface area (Å²) in [6.07, 6.45) is 3.02. The highest BCUT2D eigenvalue weighted by atomic mass is 32.2. The van der Waals surface area contributed by atoms with Gasteiger partial charge in [0, 0.05) is 25.7 Å². The fourth-order valence-electron chi connectivity index (χ4n) is 3.74. The van der Waals surface area contributed by atoms with E-state index in [1.54, 1.807) is 11.0 Å². The minimum absolute atomic E-state index is 0.0918. The second kappa shape index (κ2) is 9.06. The van der Waals surface area contributed by atoms with Crippen LogP contribution in [0.4, 0.5) is 0 Å². The number of likely N-dealkylation sites (tertiary alicyclic amines) is 1. The number of amides is 1. The summed E-state index contributed by atoms with van der Waals surface area (Å²) in [4.78, 5) is 14.7. The van der Waals surface area contributed by atoms with Crippen LogP contribution in [-0.2, 0) is 21.4 Å². The molecule has 160 valence electrons. The number of carbonyl (C=O) groups is 1. The topological polar surface area (TPSA) is 76.2 Å². The van der Waals surface area contributed by atoms with Crippen LogP contribution in [0.3, 0.4) is 0 Å². The van der Waals surface area contributed by atoms with Gasteiger partial charge in [-0.2, -0.15) is 4.31 Å². The Hall–Kier alpha value is -2.58. The molecule has 1 amide bonds. The highest BCUT2D eigenvalue weighted by molar-refractivity contribution is 7.89. The summed E-state index contributed by atoms with van der Waals surface area (Å²) >= 11 is 0. The predicted molar refractivity (Wildman–Crippen MR) is 112 cm³/mol. The highest BCUT2D eigenvalue weighted by Gasteiger charge is 2.30. The monoisotopic (exact) mass is 430 g/mol. The third-order valence-electron chi connectivity index (χ3n) is 5.37. The Balaban J connectivity index is 1.62. The normalized spacial score (nSPS) is 16.5. The molecule has 2 aliphatic heterocycles. The van der Waals surface area contributed by atoms with Crippen molar-refractivity contribution in [2.75, 3.05) is 32.8 Å². The van der Waals surface area contributed by atoms with Crippen LogP contribution in [0, 0.1) is 0 Å². The van der Waals surface area contributed by atoms with Crippen LogP contribution in [0.25, 0.3) is 0 Å². The third-order valence-corrected chi connectivity index (χ3v) is 7.16. The van der Waals surface area contributed by atoms with Gasteiger partial charge in [-0.15, -0.1) is 0 Å². The number of rotatable bonds is 6. The Morgan fingerprint density at radius 3 is 2.37 bits per heavy atom. The lowest BCUT2D eigenvalue weighted by Gasteiger charge is -2.30. The van der Waals surface area contributed by atoms with Crippen molar-refractivity contribution in [1.29, 1.82) is 0 Å². The molecule has 0 aromatic heterocycles. The predicted octanol–water partition coefficient (Wildman–Crippen LogP) is 2.66. The maximum absolute atomic E-state index is 13.5. The molecule has 8 heteroatoms. The standard InChI is InChI=1S/C22H26N2O5S/c25-22(23-11-5-2-6-12-23)17-24(16-18-7-3-1-4-8-18)30(26,27)19-9-10-20-21(15-19)29-14-13-28-20/h1,3-4,7-10,15H,2,5-6,11-14,16-17H2. The number of sulfonamides is 1. The molecule has 0 bridgehead atoms. The van der Waals surface area contributed by atoms with Crippen molar-refractivity contribution in [2.24, 2.45) is 0 Å². The number of carbonyl (C=O) groups excluding carboxylic acids is 1. The SMILES string of the molecule is O=C(CN(Cc1ccccc1)S(=O)(=O)c1ccc2c(c1)OCCO2)N1CCCCC1. The summed E-state index contributed by atoms with van der Waals surface area (Å²) in [7, 11) is -3.92. The van der Waals surface area contributed by atoms with E-state index in [0.29, 0.717) is 37.8 Å². The Labute approximate surface area is 177 Å². The van der Waals surface area contributed by atoms with E-state index in [9.17, 15) is 13.2 Å². The van der Waals surface area contributed by atoms with Crippen molar-refractivity contribution >= 4 is 15.9 Å². The Morgan fingerprint density at radius 2 is 1.63 bits per heavy atom. The summed E-state index contributed by atoms with van der Waals surface area (Å²) in [5.41, 5.74) is 0.824. The molecule has 30 heavy (non-hydrogen) atoms. The quantitative estimate of drug-likeness (QED) is 0.704. The van der Waals surface area contributed by atoms with Crippen LogP contribution in [0.5, 0.6) is 11.5 Å². The molecule has 2 aromatic carbocycles. The van der Waals surface area contributed by atoms with E-state index in [1.165, 1.54) is 16.4 Å². The molecule has 0 aliphatic carbocycles. The van der Waals surface area contributed by atoms with Crippen molar-refractivity contribution in [3.05, 3.63) is 54.1 Å². The first-order valence-corrected chi connectivity index (χ1v) is 11.7. The van der Waals surface area contributed by atoms with Gasteiger partial charge in [0.1, 0.15) is 13.2 Å². The highest BCUT2D eigenvalue weighted by Crippen LogP contribution is 2.33. The van der Waals surface area contributed by atoms with Crippen molar-refractivity contribution in [2.45, 2.75) is 30.7 Å². The molecular formula is C22H26N2O5S. The summed E-state index contributed by atoms with van der Waals surface area (Å²) in [6, 6.07) is 13.9. The fraction of sp³-hybridized carbons (Fsp3) is 0.409. The lowest BCUT2D eigenvalue weighted by Crippen LogP contribution is -2.44. The molecule has 1 fully saturated rings. The number of piperidine rings is 1. The van der Waals surface area contributed by atoms with E-state index < -0.39 is 10.0 Å². The number of hydrogen-bond donors (Lipinski definition) is 0. The Bertz CT molecular complexity index is 988. The zero-order valence-electron chi connectivity index (χ0n) is 16.8. The summed E-state index contributed by atoms with van der Waals surface area (Å²) in [5.74, 6) is 0.773. The fourth-order valence-corrected chi connectivity index (χ4v) is 5.13. The molecule has 0 saturated carbocycles. The van der Waals surface area contributed by atoms with Gasteiger partial charge in [0.25, 0.3) is 0 Å². The van der Waals surface area contributed by atoms with Gasteiger partial charge in [-0.25, -0.2) is 8.42 Å². The van der Waals surface area contributed by atoms with Crippen molar-refractivity contribution < 1.29 is 22.7 Å². The van der Waals surface area contributed by atoms with Crippen molar-refractivity contribution in [3.8, 4) is 11.5 Å². The van der Waals surface area contributed by atoms with Gasteiger partial charge in [-0.1, -0.05) is 30.3 Å². The molecule has 2 aromatic rings. The molecule has 0 spiro atoms. The number of nitrogens with zero attached hydrogens (tertiary/aromatic N) is 2. The second-order valence-electron chi connectivity index (χ2n) is 7.51.